The third-order valence-electron chi connectivity index (χ3n) is 10.1. The Bertz CT molecular complexity index is 1310. The molecule has 1 aromatic carbocycles. The lowest BCUT2D eigenvalue weighted by atomic mass is 9.48. The van der Waals surface area contributed by atoms with Gasteiger partial charge in [-0.15, -0.1) is 0 Å². The summed E-state index contributed by atoms with van der Waals surface area (Å²) in [6, 6.07) is 3.25. The molecule has 5 fully saturated rings. The van der Waals surface area contributed by atoms with Gasteiger partial charge in [0.25, 0.3) is 0 Å². The van der Waals surface area contributed by atoms with Crippen LogP contribution >= 0.6 is 12.2 Å². The minimum absolute atomic E-state index is 0.0666. The Balaban J connectivity index is 1.14. The average molecular weight is 541 g/mol. The van der Waals surface area contributed by atoms with E-state index in [0.29, 0.717) is 42.3 Å². The van der Waals surface area contributed by atoms with E-state index in [4.69, 9.17) is 12.2 Å². The quantitative estimate of drug-likeness (QED) is 0.564. The van der Waals surface area contributed by atoms with Crippen LogP contribution in [-0.4, -0.2) is 52.8 Å². The first-order valence-corrected chi connectivity index (χ1v) is 14.6. The zero-order valence-electron chi connectivity index (χ0n) is 22.2. The average Bonchev–Trinajstić information content (AvgIpc) is 2.88. The molecule has 7 nitrogen and oxygen atoms in total. The molecule has 1 aliphatic heterocycles. The molecule has 1 saturated heterocycles. The second-order valence-corrected chi connectivity index (χ2v) is 12.7. The number of thiocarbonyl (C=S) groups is 1. The van der Waals surface area contributed by atoms with Crippen LogP contribution in [0.4, 0.5) is 10.1 Å². The van der Waals surface area contributed by atoms with E-state index < -0.39 is 22.8 Å². The van der Waals surface area contributed by atoms with E-state index in [1.165, 1.54) is 50.8 Å². The maximum atomic E-state index is 15.3. The predicted molar refractivity (Wildman–Crippen MR) is 146 cm³/mol. The number of rotatable bonds is 5. The van der Waals surface area contributed by atoms with E-state index >= 15 is 4.39 Å². The van der Waals surface area contributed by atoms with Gasteiger partial charge < -0.3 is 24.7 Å². The number of halogens is 1. The summed E-state index contributed by atoms with van der Waals surface area (Å²) in [5, 5.41) is 16.0. The van der Waals surface area contributed by atoms with E-state index in [1.54, 1.807) is 10.6 Å². The molecule has 2 heterocycles. The van der Waals surface area contributed by atoms with Crippen LogP contribution in [0.25, 0.3) is 10.9 Å². The van der Waals surface area contributed by atoms with Crippen LogP contribution in [0.5, 0.6) is 0 Å². The third-order valence-corrected chi connectivity index (χ3v) is 10.5. The molecule has 0 amide bonds. The Morgan fingerprint density at radius 1 is 1.18 bits per heavy atom. The van der Waals surface area contributed by atoms with Gasteiger partial charge in [-0.2, -0.15) is 0 Å². The molecule has 4 saturated carbocycles. The van der Waals surface area contributed by atoms with Gasteiger partial charge in [-0.1, -0.05) is 0 Å². The molecule has 0 radical (unpaired) electrons. The van der Waals surface area contributed by atoms with Gasteiger partial charge in [0.05, 0.1) is 43.2 Å². The Kier molecular flexibility index (Phi) is 6.50. The number of pyridine rings is 1. The van der Waals surface area contributed by atoms with Crippen molar-refractivity contribution in [1.82, 2.24) is 14.8 Å². The van der Waals surface area contributed by atoms with E-state index in [1.807, 2.05) is 6.92 Å². The van der Waals surface area contributed by atoms with Gasteiger partial charge in [-0.05, 0) is 93.8 Å². The van der Waals surface area contributed by atoms with E-state index in [9.17, 15) is 14.7 Å². The van der Waals surface area contributed by atoms with Crippen molar-refractivity contribution in [3.8, 4) is 0 Å². The highest BCUT2D eigenvalue weighted by Gasteiger charge is 2.53. The van der Waals surface area contributed by atoms with Crippen molar-refractivity contribution in [2.24, 2.45) is 23.2 Å². The number of aromatic carboxylic acids is 1. The number of carbonyl (C=O) groups excluding carboxylic acids is 1. The summed E-state index contributed by atoms with van der Waals surface area (Å²) in [5.74, 6) is 0.665. The highest BCUT2D eigenvalue weighted by Crippen LogP contribution is 2.61. The van der Waals surface area contributed by atoms with Crippen molar-refractivity contribution in [3.63, 3.8) is 0 Å². The first-order chi connectivity index (χ1) is 18.2. The molecule has 204 valence electrons. The van der Waals surface area contributed by atoms with Crippen LogP contribution < -0.4 is 20.8 Å². The number of quaternary nitrogens is 1. The maximum absolute atomic E-state index is 15.3. The van der Waals surface area contributed by atoms with Gasteiger partial charge in [0.1, 0.15) is 0 Å². The fourth-order valence-electron chi connectivity index (χ4n) is 8.48. The number of hydrogen-bond acceptors (Lipinski definition) is 4. The number of hydrogen-bond donors (Lipinski definition) is 2. The summed E-state index contributed by atoms with van der Waals surface area (Å²) < 4.78 is 16.9. The smallest absolute Gasteiger partial charge is 0.198 e. The Morgan fingerprint density at radius 2 is 1.79 bits per heavy atom. The highest BCUT2D eigenvalue weighted by atomic mass is 32.1. The molecule has 4 bridgehead atoms. The minimum Gasteiger partial charge on any atom is -0.545 e. The topological polar surface area (TPSA) is 81.8 Å². The molecule has 2 N–H and O–H groups in total. The lowest BCUT2D eigenvalue weighted by Crippen LogP contribution is -3.10. The third kappa shape index (κ3) is 4.31. The zero-order valence-corrected chi connectivity index (χ0v) is 23.0. The molecule has 2 aromatic rings. The summed E-state index contributed by atoms with van der Waals surface area (Å²) in [5.41, 5.74) is 0.262. The zero-order chi connectivity index (χ0) is 26.8. The number of carboxylic acid groups (broad SMARTS) is 1. The van der Waals surface area contributed by atoms with Crippen LogP contribution in [0.2, 0.25) is 0 Å². The van der Waals surface area contributed by atoms with Crippen molar-refractivity contribution in [1.29, 1.82) is 0 Å². The van der Waals surface area contributed by atoms with Gasteiger partial charge in [0.2, 0.25) is 0 Å². The van der Waals surface area contributed by atoms with Gasteiger partial charge in [0.15, 0.2) is 22.0 Å². The number of nitrogens with zero attached hydrogens (tertiary/aromatic N) is 2. The monoisotopic (exact) mass is 540 g/mol. The van der Waals surface area contributed by atoms with Crippen LogP contribution in [0, 0.1) is 29.0 Å². The normalized spacial score (nSPS) is 29.6. The number of fused-ring (bicyclic) bond motifs is 1. The maximum Gasteiger partial charge on any atom is 0.198 e. The van der Waals surface area contributed by atoms with E-state index in [2.05, 4.69) is 17.1 Å². The standard InChI is InChI=1S/C29H37FN4O3S/c1-3-32-16-22(27(36)37)26(35)21-11-23(30)25(12-24(21)32)33-4-6-34(7-5-33)28(38)31-17(2)29-13-18-8-19(14-29)10-20(9-18)15-29/h11-12,16-20H,3-10,13-15H2,1-2H3,(H,31,38)(H,36,37). The number of carboxylic acids is 1. The number of aryl methyl sites for hydroxylation is 1. The lowest BCUT2D eigenvalue weighted by Gasteiger charge is -2.59. The molecule has 0 spiro atoms. The summed E-state index contributed by atoms with van der Waals surface area (Å²) in [4.78, 5) is 27.3. The second-order valence-electron chi connectivity index (χ2n) is 12.3. The number of piperazine rings is 1. The minimum atomic E-state index is -1.55. The first kappa shape index (κ1) is 25.7. The fraction of sp³-hybridized carbons (Fsp3) is 0.621. The number of carbonyl (C=O) groups is 1. The van der Waals surface area contributed by atoms with Crippen LogP contribution in [0.15, 0.2) is 23.1 Å². The van der Waals surface area contributed by atoms with Gasteiger partial charge in [-0.25, -0.2) is 4.39 Å². The molecule has 1 aromatic heterocycles. The van der Waals surface area contributed by atoms with Crippen LogP contribution in [0.3, 0.4) is 0 Å². The Labute approximate surface area is 228 Å². The summed E-state index contributed by atoms with van der Waals surface area (Å²) in [6.45, 7) is 7.44. The van der Waals surface area contributed by atoms with Crippen LogP contribution in [-0.2, 0) is 6.54 Å². The van der Waals surface area contributed by atoms with Crippen molar-refractivity contribution in [2.45, 2.75) is 65.0 Å². The molecule has 1 unspecified atom stereocenters. The predicted octanol–water partition coefficient (Wildman–Crippen LogP) is 1.84. The summed E-state index contributed by atoms with van der Waals surface area (Å²) >= 11 is 5.87. The first-order valence-electron chi connectivity index (χ1n) is 14.2. The lowest BCUT2D eigenvalue weighted by molar-refractivity contribution is -0.838. The number of benzene rings is 1. The van der Waals surface area contributed by atoms with Crippen molar-refractivity contribution in [2.75, 3.05) is 26.2 Å². The SMILES string of the molecule is CCn1cc(C(=O)[O-])c(=O)c2cc(F)c([NH+]3CCN(C(=S)NC(C)C45CC6CC(CC(C6)C4)C5)CC3)cc21. The van der Waals surface area contributed by atoms with Crippen molar-refractivity contribution in [3.05, 3.63) is 39.9 Å². The Hall–Kier alpha value is -2.52. The molecular weight excluding hydrogens is 503 g/mol. The molecule has 1 atom stereocenters. The fourth-order valence-corrected chi connectivity index (χ4v) is 8.83. The van der Waals surface area contributed by atoms with E-state index in [0.717, 1.165) is 40.9 Å². The van der Waals surface area contributed by atoms with E-state index in [-0.39, 0.29) is 5.39 Å². The largest absolute Gasteiger partial charge is 0.545 e. The highest BCUT2D eigenvalue weighted by molar-refractivity contribution is 7.80. The number of nitrogens with one attached hydrogen (secondary N) is 2. The number of aromatic nitrogens is 1. The molecule has 38 heavy (non-hydrogen) atoms. The van der Waals surface area contributed by atoms with Crippen LogP contribution in [0.1, 0.15) is 62.7 Å². The second kappa shape index (κ2) is 9.59. The van der Waals surface area contributed by atoms with Gasteiger partial charge in [-0.3, -0.25) is 9.69 Å². The molecule has 9 heteroatoms. The van der Waals surface area contributed by atoms with Crippen molar-refractivity contribution < 1.29 is 19.2 Å². The summed E-state index contributed by atoms with van der Waals surface area (Å²) in [7, 11) is 0. The molecule has 4 aliphatic carbocycles. The van der Waals surface area contributed by atoms with Crippen molar-refractivity contribution >= 4 is 39.9 Å². The molecule has 7 rings (SSSR count). The van der Waals surface area contributed by atoms with Gasteiger partial charge in [0, 0.05) is 30.2 Å². The Morgan fingerprint density at radius 3 is 2.34 bits per heavy atom. The van der Waals surface area contributed by atoms with Gasteiger partial charge >= 0.3 is 0 Å². The molecular formula is C29H37FN4O3S. The summed E-state index contributed by atoms with van der Waals surface area (Å²) in [6.07, 6.45) is 9.59. The molecule has 5 aliphatic rings.